The lowest BCUT2D eigenvalue weighted by atomic mass is 10.1. The first-order valence-electron chi connectivity index (χ1n) is 7.01. The van der Waals surface area contributed by atoms with E-state index in [9.17, 15) is 9.81 Å². The first-order chi connectivity index (χ1) is 10.7. The average Bonchev–Trinajstić information content (AvgIpc) is 2.52. The highest BCUT2D eigenvalue weighted by atomic mass is 16.3. The van der Waals surface area contributed by atoms with E-state index < -0.39 is 0 Å². The maximum Gasteiger partial charge on any atom is 0.0788 e. The molecule has 0 atom stereocenters. The molecule has 2 rings (SSSR count). The van der Waals surface area contributed by atoms with Crippen LogP contribution in [0.25, 0.3) is 0 Å². The molecule has 0 saturated carbocycles. The smallest absolute Gasteiger partial charge is 0.0788 e. The lowest BCUT2D eigenvalue weighted by Gasteiger charge is -2.27. The van der Waals surface area contributed by atoms with Gasteiger partial charge in [-0.25, -0.2) is 0 Å². The fourth-order valence-corrected chi connectivity index (χ4v) is 2.25. The molecular formula is C16H18N4O2. The van der Waals surface area contributed by atoms with Gasteiger partial charge in [0.2, 0.25) is 0 Å². The minimum absolute atomic E-state index is 0.424. The van der Waals surface area contributed by atoms with Gasteiger partial charge in [0.05, 0.1) is 12.4 Å². The third kappa shape index (κ3) is 4.66. The van der Waals surface area contributed by atoms with Gasteiger partial charge < -0.3 is 9.80 Å². The number of nitroso groups, excluding NO2 is 2. The van der Waals surface area contributed by atoms with Crippen molar-refractivity contribution in [2.45, 2.75) is 6.92 Å². The molecule has 6 nitrogen and oxygen atoms in total. The van der Waals surface area contributed by atoms with Crippen LogP contribution in [-0.2, 0) is 0 Å². The molecule has 0 saturated heterocycles. The van der Waals surface area contributed by atoms with Gasteiger partial charge in [0.1, 0.15) is 0 Å². The highest BCUT2D eigenvalue weighted by Gasteiger charge is 2.11. The van der Waals surface area contributed by atoms with Crippen molar-refractivity contribution in [3.05, 3.63) is 82.5 Å². The lowest BCUT2D eigenvalue weighted by Crippen LogP contribution is -2.27. The summed E-state index contributed by atoms with van der Waals surface area (Å²) in [5, 5.41) is 5.51. The van der Waals surface area contributed by atoms with Crippen LogP contribution in [-0.4, -0.2) is 22.9 Å². The summed E-state index contributed by atoms with van der Waals surface area (Å²) in [6.07, 6.45) is 17.8. The van der Waals surface area contributed by atoms with Crippen LogP contribution in [0.3, 0.4) is 0 Å². The van der Waals surface area contributed by atoms with E-state index in [1.54, 1.807) is 0 Å². The SMILES string of the molecule is CC(CN1C=CC(=CN=O)C=C1)CN1C=CC(=CN=O)C=C1. The van der Waals surface area contributed by atoms with Crippen molar-refractivity contribution in [1.29, 1.82) is 0 Å². The fourth-order valence-electron chi connectivity index (χ4n) is 2.25. The molecule has 114 valence electrons. The van der Waals surface area contributed by atoms with Gasteiger partial charge in [0, 0.05) is 37.9 Å². The van der Waals surface area contributed by atoms with Crippen molar-refractivity contribution in [2.24, 2.45) is 16.3 Å². The number of hydrogen-bond donors (Lipinski definition) is 0. The fraction of sp³-hybridized carbons (Fsp3) is 0.250. The van der Waals surface area contributed by atoms with Crippen molar-refractivity contribution in [2.75, 3.05) is 13.1 Å². The number of allylic oxidation sites excluding steroid dienone is 6. The summed E-state index contributed by atoms with van der Waals surface area (Å²) in [7, 11) is 0. The minimum Gasteiger partial charge on any atom is -0.354 e. The lowest BCUT2D eigenvalue weighted by molar-refractivity contribution is 0.335. The summed E-state index contributed by atoms with van der Waals surface area (Å²) in [6.45, 7) is 3.90. The zero-order valence-electron chi connectivity index (χ0n) is 12.4. The first-order valence-corrected chi connectivity index (χ1v) is 7.01. The van der Waals surface area contributed by atoms with E-state index in [-0.39, 0.29) is 0 Å². The van der Waals surface area contributed by atoms with E-state index >= 15 is 0 Å². The molecule has 0 amide bonds. The molecule has 2 heterocycles. The van der Waals surface area contributed by atoms with Crippen LogP contribution in [0.2, 0.25) is 0 Å². The minimum atomic E-state index is 0.424. The summed E-state index contributed by atoms with van der Waals surface area (Å²) in [5.74, 6) is 0.424. The standard InChI is InChI=1S/C16H18N4O2/c1-14(12-19-6-2-15(3-7-19)10-17-21)13-20-8-4-16(5-9-20)11-18-22/h2-11,14H,12-13H2,1H3. The largest absolute Gasteiger partial charge is 0.354 e. The summed E-state index contributed by atoms with van der Waals surface area (Å²) < 4.78 is 0. The van der Waals surface area contributed by atoms with Crippen molar-refractivity contribution in [3.63, 3.8) is 0 Å². The summed E-state index contributed by atoms with van der Waals surface area (Å²) >= 11 is 0. The molecule has 0 N–H and O–H groups in total. The van der Waals surface area contributed by atoms with E-state index in [0.29, 0.717) is 5.92 Å². The van der Waals surface area contributed by atoms with Gasteiger partial charge in [0.25, 0.3) is 0 Å². The summed E-state index contributed by atoms with van der Waals surface area (Å²) in [5.41, 5.74) is 1.59. The topological polar surface area (TPSA) is 65.3 Å². The third-order valence-corrected chi connectivity index (χ3v) is 3.28. The van der Waals surface area contributed by atoms with Gasteiger partial charge in [-0.15, -0.1) is 9.81 Å². The Bertz CT molecular complexity index is 515. The molecule has 0 aliphatic carbocycles. The predicted molar refractivity (Wildman–Crippen MR) is 86.9 cm³/mol. The first kappa shape index (κ1) is 15.6. The van der Waals surface area contributed by atoms with E-state index in [0.717, 1.165) is 24.2 Å². The van der Waals surface area contributed by atoms with Crippen LogP contribution < -0.4 is 0 Å². The van der Waals surface area contributed by atoms with Gasteiger partial charge in [0.15, 0.2) is 0 Å². The molecule has 0 unspecified atom stereocenters. The average molecular weight is 298 g/mol. The third-order valence-electron chi connectivity index (χ3n) is 3.28. The molecule has 0 aromatic rings. The second-order valence-corrected chi connectivity index (χ2v) is 5.23. The molecule has 2 aliphatic rings. The molecule has 2 aliphatic heterocycles. The maximum atomic E-state index is 10.2. The Balaban J connectivity index is 1.81. The van der Waals surface area contributed by atoms with Crippen LogP contribution in [0.4, 0.5) is 0 Å². The normalized spacial score (nSPS) is 16.5. The van der Waals surface area contributed by atoms with Crippen molar-refractivity contribution >= 4 is 0 Å². The Morgan fingerprint density at radius 3 is 1.55 bits per heavy atom. The van der Waals surface area contributed by atoms with E-state index in [4.69, 9.17) is 0 Å². The Hall–Kier alpha value is -2.76. The predicted octanol–water partition coefficient (Wildman–Crippen LogP) is 3.61. The van der Waals surface area contributed by atoms with Gasteiger partial charge in [-0.1, -0.05) is 6.92 Å². The summed E-state index contributed by atoms with van der Waals surface area (Å²) in [4.78, 5) is 24.5. The molecule has 0 fully saturated rings. The molecule has 0 radical (unpaired) electrons. The van der Waals surface area contributed by atoms with Crippen LogP contribution in [0.5, 0.6) is 0 Å². The Kier molecular flexibility index (Phi) is 5.59. The highest BCUT2D eigenvalue weighted by Crippen LogP contribution is 2.15. The molecule has 22 heavy (non-hydrogen) atoms. The highest BCUT2D eigenvalue weighted by molar-refractivity contribution is 5.34. The molecular weight excluding hydrogens is 280 g/mol. The number of rotatable bonds is 6. The molecule has 0 spiro atoms. The van der Waals surface area contributed by atoms with Crippen LogP contribution in [0.1, 0.15) is 6.92 Å². The van der Waals surface area contributed by atoms with Gasteiger partial charge in [-0.3, -0.25) is 0 Å². The summed E-state index contributed by atoms with van der Waals surface area (Å²) in [6, 6.07) is 0. The number of hydrogen-bond acceptors (Lipinski definition) is 6. The van der Waals surface area contributed by atoms with E-state index in [1.165, 1.54) is 12.4 Å². The second-order valence-electron chi connectivity index (χ2n) is 5.23. The Morgan fingerprint density at radius 1 is 0.864 bits per heavy atom. The molecule has 6 heteroatoms. The van der Waals surface area contributed by atoms with Gasteiger partial charge >= 0.3 is 0 Å². The van der Waals surface area contributed by atoms with Crippen LogP contribution in [0, 0.1) is 15.7 Å². The Labute approximate surface area is 129 Å². The van der Waals surface area contributed by atoms with Gasteiger partial charge in [-0.2, -0.15) is 0 Å². The van der Waals surface area contributed by atoms with Crippen LogP contribution >= 0.6 is 0 Å². The number of nitrogens with zero attached hydrogens (tertiary/aromatic N) is 4. The Morgan fingerprint density at radius 2 is 1.23 bits per heavy atom. The quantitative estimate of drug-likeness (QED) is 0.703. The molecule has 0 bridgehead atoms. The van der Waals surface area contributed by atoms with Gasteiger partial charge in [-0.05, 0) is 51.7 Å². The zero-order chi connectivity index (χ0) is 15.8. The zero-order valence-corrected chi connectivity index (χ0v) is 12.4. The molecule has 0 aromatic carbocycles. The maximum absolute atomic E-state index is 10.2. The second kappa shape index (κ2) is 7.87. The van der Waals surface area contributed by atoms with E-state index in [1.807, 2.05) is 49.1 Å². The van der Waals surface area contributed by atoms with Crippen molar-refractivity contribution in [3.8, 4) is 0 Å². The molecule has 0 aromatic heterocycles. The van der Waals surface area contributed by atoms with E-state index in [2.05, 4.69) is 27.1 Å². The van der Waals surface area contributed by atoms with Crippen LogP contribution in [0.15, 0.2) is 83.0 Å². The monoisotopic (exact) mass is 298 g/mol. The van der Waals surface area contributed by atoms with Crippen molar-refractivity contribution < 1.29 is 0 Å². The van der Waals surface area contributed by atoms with Crippen molar-refractivity contribution in [1.82, 2.24) is 9.80 Å².